The number of benzene rings is 1. The van der Waals surface area contributed by atoms with Crippen molar-refractivity contribution in [1.29, 1.82) is 0 Å². The lowest BCUT2D eigenvalue weighted by Gasteiger charge is -2.35. The molecule has 1 fully saturated rings. The molecule has 2 N–H and O–H groups in total. The fourth-order valence-corrected chi connectivity index (χ4v) is 2.69. The number of hydrogen-bond donors (Lipinski definition) is 2. The van der Waals surface area contributed by atoms with E-state index in [1.807, 2.05) is 6.92 Å². The average Bonchev–Trinajstić information content (AvgIpc) is 2.39. The molecule has 1 heterocycles. The normalized spacial score (nSPS) is 24.1. The summed E-state index contributed by atoms with van der Waals surface area (Å²) in [6.07, 6.45) is 1.19. The second kappa shape index (κ2) is 6.46. The van der Waals surface area contributed by atoms with Gasteiger partial charge in [-0.1, -0.05) is 12.1 Å². The molecule has 1 aliphatic rings. The van der Waals surface area contributed by atoms with Gasteiger partial charge in [0.2, 0.25) is 0 Å². The highest BCUT2D eigenvalue weighted by molar-refractivity contribution is 5.18. The average molecular weight is 267 g/mol. The van der Waals surface area contributed by atoms with E-state index in [0.29, 0.717) is 6.54 Å². The number of halogens is 1. The Kier molecular flexibility index (Phi) is 4.91. The molecule has 1 aromatic rings. The summed E-state index contributed by atoms with van der Waals surface area (Å²) in [6.45, 7) is 4.12. The summed E-state index contributed by atoms with van der Waals surface area (Å²) in [7, 11) is 0. The topological polar surface area (TPSA) is 43.7 Å². The standard InChI is InChI=1S/C15H22FNO2/c1-11(18)13-3-2-8-17(9-13)10-15(19)12-4-6-14(16)7-5-12/h4-7,11,13,15,18-19H,2-3,8-10H2,1H3/t11-,13+,15+/m0/s1. The molecule has 3 nitrogen and oxygen atoms in total. The number of aliphatic hydroxyl groups is 2. The zero-order chi connectivity index (χ0) is 13.8. The van der Waals surface area contributed by atoms with Crippen LogP contribution in [0.1, 0.15) is 31.4 Å². The number of piperidine rings is 1. The van der Waals surface area contributed by atoms with Gasteiger partial charge in [-0.2, -0.15) is 0 Å². The van der Waals surface area contributed by atoms with Gasteiger partial charge in [-0.05, 0) is 49.9 Å². The summed E-state index contributed by atoms with van der Waals surface area (Å²) in [5.74, 6) is -0.00254. The molecule has 1 saturated heterocycles. The van der Waals surface area contributed by atoms with Crippen molar-refractivity contribution in [3.63, 3.8) is 0 Å². The van der Waals surface area contributed by atoms with Crippen LogP contribution >= 0.6 is 0 Å². The fraction of sp³-hybridized carbons (Fsp3) is 0.600. The second-order valence-electron chi connectivity index (χ2n) is 5.47. The summed E-state index contributed by atoms with van der Waals surface area (Å²) in [4.78, 5) is 2.18. The first-order chi connectivity index (χ1) is 9.06. The van der Waals surface area contributed by atoms with Gasteiger partial charge in [-0.15, -0.1) is 0 Å². The minimum absolute atomic E-state index is 0.286. The Morgan fingerprint density at radius 3 is 2.63 bits per heavy atom. The van der Waals surface area contributed by atoms with Crippen LogP contribution in [0.25, 0.3) is 0 Å². The maximum atomic E-state index is 12.8. The van der Waals surface area contributed by atoms with Crippen molar-refractivity contribution >= 4 is 0 Å². The molecule has 0 saturated carbocycles. The Morgan fingerprint density at radius 1 is 1.32 bits per heavy atom. The van der Waals surface area contributed by atoms with Crippen LogP contribution < -0.4 is 0 Å². The second-order valence-corrected chi connectivity index (χ2v) is 5.47. The van der Waals surface area contributed by atoms with Crippen LogP contribution in [0.2, 0.25) is 0 Å². The summed E-state index contributed by atoms with van der Waals surface area (Å²) < 4.78 is 12.8. The van der Waals surface area contributed by atoms with Crippen molar-refractivity contribution in [1.82, 2.24) is 4.90 Å². The van der Waals surface area contributed by atoms with Crippen molar-refractivity contribution in [3.05, 3.63) is 35.6 Å². The lowest BCUT2D eigenvalue weighted by Crippen LogP contribution is -2.41. The van der Waals surface area contributed by atoms with Gasteiger partial charge in [-0.3, -0.25) is 0 Å². The Morgan fingerprint density at radius 2 is 2.00 bits per heavy atom. The summed E-state index contributed by atoms with van der Waals surface area (Å²) in [5, 5.41) is 19.8. The third-order valence-corrected chi connectivity index (χ3v) is 3.91. The molecule has 0 amide bonds. The van der Waals surface area contributed by atoms with Gasteiger partial charge in [0.15, 0.2) is 0 Å². The number of β-amino-alcohol motifs (C(OH)–C–C–N with tert-alkyl or cyclic N) is 1. The first-order valence-corrected chi connectivity index (χ1v) is 6.90. The predicted octanol–water partition coefficient (Wildman–Crippen LogP) is 1.95. The number of likely N-dealkylation sites (tertiary alicyclic amines) is 1. The smallest absolute Gasteiger partial charge is 0.123 e. The highest BCUT2D eigenvalue weighted by atomic mass is 19.1. The first kappa shape index (κ1) is 14.4. The van der Waals surface area contributed by atoms with E-state index in [4.69, 9.17) is 0 Å². The molecular formula is C15H22FNO2. The Labute approximate surface area is 113 Å². The third kappa shape index (κ3) is 4.00. The number of aliphatic hydroxyl groups excluding tert-OH is 2. The quantitative estimate of drug-likeness (QED) is 0.876. The molecular weight excluding hydrogens is 245 g/mol. The first-order valence-electron chi connectivity index (χ1n) is 6.90. The molecule has 3 atom stereocenters. The van der Waals surface area contributed by atoms with Gasteiger partial charge in [0, 0.05) is 13.1 Å². The van der Waals surface area contributed by atoms with Crippen molar-refractivity contribution in [2.45, 2.75) is 32.0 Å². The molecule has 1 aliphatic heterocycles. The van der Waals surface area contributed by atoms with Gasteiger partial charge < -0.3 is 15.1 Å². The van der Waals surface area contributed by atoms with Gasteiger partial charge in [0.05, 0.1) is 12.2 Å². The van der Waals surface area contributed by atoms with Crippen LogP contribution in [0.3, 0.4) is 0 Å². The zero-order valence-electron chi connectivity index (χ0n) is 11.3. The molecule has 0 aromatic heterocycles. The van der Waals surface area contributed by atoms with Crippen LogP contribution in [0.4, 0.5) is 4.39 Å². The lowest BCUT2D eigenvalue weighted by atomic mass is 9.93. The summed E-state index contributed by atoms with van der Waals surface area (Å²) in [5.41, 5.74) is 0.737. The van der Waals surface area contributed by atoms with Gasteiger partial charge in [0.25, 0.3) is 0 Å². The molecule has 2 rings (SSSR count). The zero-order valence-corrected chi connectivity index (χ0v) is 11.3. The van der Waals surface area contributed by atoms with Crippen molar-refractivity contribution < 1.29 is 14.6 Å². The molecule has 0 unspecified atom stereocenters. The maximum Gasteiger partial charge on any atom is 0.123 e. The van der Waals surface area contributed by atoms with Crippen LogP contribution in [-0.4, -0.2) is 40.9 Å². The monoisotopic (exact) mass is 267 g/mol. The van der Waals surface area contributed by atoms with E-state index < -0.39 is 6.10 Å². The highest BCUT2D eigenvalue weighted by Gasteiger charge is 2.24. The largest absolute Gasteiger partial charge is 0.393 e. The minimum Gasteiger partial charge on any atom is -0.393 e. The number of rotatable bonds is 4. The highest BCUT2D eigenvalue weighted by Crippen LogP contribution is 2.22. The number of nitrogens with zero attached hydrogens (tertiary/aromatic N) is 1. The Bertz CT molecular complexity index is 394. The van der Waals surface area contributed by atoms with Gasteiger partial charge >= 0.3 is 0 Å². The molecule has 0 radical (unpaired) electrons. The Balaban J connectivity index is 1.91. The molecule has 1 aromatic carbocycles. The molecule has 0 bridgehead atoms. The fourth-order valence-electron chi connectivity index (χ4n) is 2.69. The lowest BCUT2D eigenvalue weighted by molar-refractivity contribution is 0.0377. The number of hydrogen-bond acceptors (Lipinski definition) is 3. The molecule has 106 valence electrons. The minimum atomic E-state index is -0.603. The third-order valence-electron chi connectivity index (χ3n) is 3.91. The van der Waals surface area contributed by atoms with E-state index in [0.717, 1.165) is 31.5 Å². The van der Waals surface area contributed by atoms with Crippen LogP contribution in [0.5, 0.6) is 0 Å². The Hall–Kier alpha value is -0.970. The van der Waals surface area contributed by atoms with Crippen LogP contribution in [0, 0.1) is 11.7 Å². The summed E-state index contributed by atoms with van der Waals surface area (Å²) in [6, 6.07) is 5.98. The van der Waals surface area contributed by atoms with Gasteiger partial charge in [-0.25, -0.2) is 4.39 Å². The van der Waals surface area contributed by atoms with E-state index in [1.54, 1.807) is 12.1 Å². The molecule has 4 heteroatoms. The summed E-state index contributed by atoms with van der Waals surface area (Å²) >= 11 is 0. The van der Waals surface area contributed by atoms with Crippen molar-refractivity contribution in [2.24, 2.45) is 5.92 Å². The van der Waals surface area contributed by atoms with Crippen LogP contribution in [-0.2, 0) is 0 Å². The predicted molar refractivity (Wildman–Crippen MR) is 72.2 cm³/mol. The van der Waals surface area contributed by atoms with E-state index in [9.17, 15) is 14.6 Å². The van der Waals surface area contributed by atoms with Crippen LogP contribution in [0.15, 0.2) is 24.3 Å². The molecule has 19 heavy (non-hydrogen) atoms. The van der Waals surface area contributed by atoms with Crippen molar-refractivity contribution in [2.75, 3.05) is 19.6 Å². The van der Waals surface area contributed by atoms with E-state index in [-0.39, 0.29) is 17.8 Å². The van der Waals surface area contributed by atoms with E-state index in [2.05, 4.69) is 4.90 Å². The van der Waals surface area contributed by atoms with Crippen molar-refractivity contribution in [3.8, 4) is 0 Å². The molecule has 0 spiro atoms. The SMILES string of the molecule is C[C@H](O)[C@@H]1CCCN(C[C@@H](O)c2ccc(F)cc2)C1. The van der Waals surface area contributed by atoms with E-state index >= 15 is 0 Å². The molecule has 0 aliphatic carbocycles. The van der Waals surface area contributed by atoms with Gasteiger partial charge in [0.1, 0.15) is 5.82 Å². The van der Waals surface area contributed by atoms with E-state index in [1.165, 1.54) is 12.1 Å². The maximum absolute atomic E-state index is 12.8.